The van der Waals surface area contributed by atoms with Crippen LogP contribution < -0.4 is 11.1 Å². The molecule has 0 aliphatic carbocycles. The number of anilines is 1. The fourth-order valence-electron chi connectivity index (χ4n) is 2.78. The molecule has 0 bridgehead atoms. The first-order valence-electron chi connectivity index (χ1n) is 7.07. The highest BCUT2D eigenvalue weighted by atomic mass is 35.5. The Kier molecular flexibility index (Phi) is 3.70. The smallest absolute Gasteiger partial charge is 0.322 e. The van der Waals surface area contributed by atoms with Gasteiger partial charge in [0.2, 0.25) is 5.76 Å². The van der Waals surface area contributed by atoms with Crippen molar-refractivity contribution in [1.29, 1.82) is 0 Å². The van der Waals surface area contributed by atoms with Gasteiger partial charge < -0.3 is 20.4 Å². The van der Waals surface area contributed by atoms with Crippen LogP contribution in [0, 0.1) is 0 Å². The zero-order valence-electron chi connectivity index (χ0n) is 12.1. The summed E-state index contributed by atoms with van der Waals surface area (Å²) < 4.78 is 5.44. The van der Waals surface area contributed by atoms with E-state index in [1.165, 1.54) is 0 Å². The van der Waals surface area contributed by atoms with E-state index in [1.807, 2.05) is 6.92 Å². The normalized spacial score (nSPS) is 17.9. The summed E-state index contributed by atoms with van der Waals surface area (Å²) in [5.41, 5.74) is 6.06. The van der Waals surface area contributed by atoms with Gasteiger partial charge in [0.05, 0.1) is 0 Å². The third kappa shape index (κ3) is 2.50. The summed E-state index contributed by atoms with van der Waals surface area (Å²) in [7, 11) is 0. The third-order valence-electron chi connectivity index (χ3n) is 3.92. The molecular weight excluding hydrogens is 306 g/mol. The number of nitrogens with zero attached hydrogens (tertiary/aromatic N) is 1. The highest BCUT2D eigenvalue weighted by Crippen LogP contribution is 2.33. The predicted molar refractivity (Wildman–Crippen MR) is 84.2 cm³/mol. The van der Waals surface area contributed by atoms with Crippen LogP contribution in [0.25, 0.3) is 11.0 Å². The highest BCUT2D eigenvalue weighted by molar-refractivity contribution is 6.31. The molecule has 2 aromatic rings. The number of primary amides is 1. The molecule has 116 valence electrons. The number of rotatable bonds is 2. The molecule has 1 aliphatic heterocycles. The van der Waals surface area contributed by atoms with Gasteiger partial charge in [-0.25, -0.2) is 4.79 Å². The summed E-state index contributed by atoms with van der Waals surface area (Å²) in [6.07, 6.45) is 1.93. The van der Waals surface area contributed by atoms with Crippen molar-refractivity contribution in [3.63, 3.8) is 0 Å². The summed E-state index contributed by atoms with van der Waals surface area (Å²) in [6.45, 7) is 2.68. The van der Waals surface area contributed by atoms with Crippen LogP contribution in [0.5, 0.6) is 0 Å². The van der Waals surface area contributed by atoms with Crippen LogP contribution in [0.1, 0.15) is 30.3 Å². The molecular formula is C15H16ClN3O3. The van der Waals surface area contributed by atoms with Gasteiger partial charge in [0.1, 0.15) is 11.3 Å². The highest BCUT2D eigenvalue weighted by Gasteiger charge is 2.28. The standard InChI is InChI=1S/C15H16ClN3O3/c1-8-3-2-6-19(8)15(21)18-12-10-7-9(16)4-5-11(10)22-13(12)14(17)20/h4-5,7-8H,2-3,6H2,1H3,(H2,17,20)(H,18,21)/t8-/m1/s1. The molecule has 1 aliphatic rings. The van der Waals surface area contributed by atoms with E-state index in [1.54, 1.807) is 23.1 Å². The van der Waals surface area contributed by atoms with Crippen molar-refractivity contribution >= 4 is 40.2 Å². The van der Waals surface area contributed by atoms with Crippen molar-refractivity contribution in [1.82, 2.24) is 4.90 Å². The third-order valence-corrected chi connectivity index (χ3v) is 4.15. The Hall–Kier alpha value is -2.21. The molecule has 2 heterocycles. The molecule has 22 heavy (non-hydrogen) atoms. The number of carbonyl (C=O) groups is 2. The van der Waals surface area contributed by atoms with E-state index in [0.29, 0.717) is 22.5 Å². The Labute approximate surface area is 132 Å². The minimum absolute atomic E-state index is 0.0718. The maximum absolute atomic E-state index is 12.4. The first-order valence-corrected chi connectivity index (χ1v) is 7.44. The van der Waals surface area contributed by atoms with Crippen molar-refractivity contribution in [3.8, 4) is 0 Å². The van der Waals surface area contributed by atoms with Crippen LogP contribution in [0.2, 0.25) is 5.02 Å². The topological polar surface area (TPSA) is 88.6 Å². The number of hydrogen-bond acceptors (Lipinski definition) is 3. The number of halogens is 1. The Morgan fingerprint density at radius 1 is 1.45 bits per heavy atom. The summed E-state index contributed by atoms with van der Waals surface area (Å²) in [5, 5.41) is 3.79. The molecule has 3 N–H and O–H groups in total. The number of amides is 3. The Balaban J connectivity index is 2.01. The Bertz CT molecular complexity index is 756. The number of urea groups is 1. The summed E-state index contributed by atoms with van der Waals surface area (Å²) in [5.74, 6) is -0.811. The first kappa shape index (κ1) is 14.7. The van der Waals surface area contributed by atoms with Crippen molar-refractivity contribution in [2.24, 2.45) is 5.73 Å². The van der Waals surface area contributed by atoms with Crippen molar-refractivity contribution in [3.05, 3.63) is 29.0 Å². The van der Waals surface area contributed by atoms with Gasteiger partial charge in [-0.15, -0.1) is 0 Å². The van der Waals surface area contributed by atoms with E-state index in [0.717, 1.165) is 12.8 Å². The molecule has 3 rings (SSSR count). The number of carbonyl (C=O) groups excluding carboxylic acids is 2. The van der Waals surface area contributed by atoms with Crippen molar-refractivity contribution < 1.29 is 14.0 Å². The molecule has 0 saturated carbocycles. The van der Waals surface area contributed by atoms with Gasteiger partial charge in [0, 0.05) is 23.0 Å². The molecule has 1 saturated heterocycles. The zero-order valence-corrected chi connectivity index (χ0v) is 12.8. The van der Waals surface area contributed by atoms with Gasteiger partial charge in [-0.3, -0.25) is 4.79 Å². The predicted octanol–water partition coefficient (Wildman–Crippen LogP) is 3.20. The number of likely N-dealkylation sites (tertiary alicyclic amines) is 1. The lowest BCUT2D eigenvalue weighted by molar-refractivity contribution is 0.0977. The quantitative estimate of drug-likeness (QED) is 0.890. The van der Waals surface area contributed by atoms with Crippen LogP contribution in [0.4, 0.5) is 10.5 Å². The van der Waals surface area contributed by atoms with Gasteiger partial charge in [0.15, 0.2) is 0 Å². The molecule has 3 amide bonds. The molecule has 0 radical (unpaired) electrons. The molecule has 0 unspecified atom stereocenters. The van der Waals surface area contributed by atoms with Gasteiger partial charge in [-0.05, 0) is 38.0 Å². The van der Waals surface area contributed by atoms with Crippen molar-refractivity contribution in [2.75, 3.05) is 11.9 Å². The van der Waals surface area contributed by atoms with Crippen LogP contribution in [-0.2, 0) is 0 Å². The summed E-state index contributed by atoms with van der Waals surface area (Å²) in [6, 6.07) is 4.81. The number of furan rings is 1. The molecule has 1 fully saturated rings. The van der Waals surface area contributed by atoms with E-state index in [9.17, 15) is 9.59 Å². The molecule has 0 spiro atoms. The van der Waals surface area contributed by atoms with Crippen LogP contribution in [0.15, 0.2) is 22.6 Å². The van der Waals surface area contributed by atoms with Gasteiger partial charge in [0.25, 0.3) is 5.91 Å². The zero-order chi connectivity index (χ0) is 15.9. The summed E-state index contributed by atoms with van der Waals surface area (Å²) >= 11 is 5.99. The average Bonchev–Trinajstić information content (AvgIpc) is 3.03. The van der Waals surface area contributed by atoms with E-state index in [2.05, 4.69) is 5.32 Å². The lowest BCUT2D eigenvalue weighted by atomic mass is 10.2. The van der Waals surface area contributed by atoms with E-state index in [-0.39, 0.29) is 23.5 Å². The van der Waals surface area contributed by atoms with Crippen molar-refractivity contribution in [2.45, 2.75) is 25.8 Å². The second-order valence-electron chi connectivity index (χ2n) is 5.43. The summed E-state index contributed by atoms with van der Waals surface area (Å²) in [4.78, 5) is 25.7. The first-order chi connectivity index (χ1) is 10.5. The van der Waals surface area contributed by atoms with E-state index >= 15 is 0 Å². The fraction of sp³-hybridized carbons (Fsp3) is 0.333. The minimum atomic E-state index is -0.739. The molecule has 1 aromatic heterocycles. The molecule has 7 heteroatoms. The second kappa shape index (κ2) is 5.53. The SMILES string of the molecule is C[C@@H]1CCCN1C(=O)Nc1c(C(N)=O)oc2ccc(Cl)cc12. The Morgan fingerprint density at radius 2 is 2.23 bits per heavy atom. The largest absolute Gasteiger partial charge is 0.449 e. The van der Waals surface area contributed by atoms with Gasteiger partial charge >= 0.3 is 6.03 Å². The fourth-order valence-corrected chi connectivity index (χ4v) is 2.95. The van der Waals surface area contributed by atoms with Gasteiger partial charge in [-0.2, -0.15) is 0 Å². The number of hydrogen-bond donors (Lipinski definition) is 2. The number of nitrogens with two attached hydrogens (primary N) is 1. The molecule has 1 aromatic carbocycles. The maximum atomic E-state index is 12.4. The van der Waals surface area contributed by atoms with Crippen LogP contribution in [0.3, 0.4) is 0 Å². The lowest BCUT2D eigenvalue weighted by Crippen LogP contribution is -2.37. The number of nitrogens with one attached hydrogen (secondary N) is 1. The second-order valence-corrected chi connectivity index (χ2v) is 5.86. The molecule has 1 atom stereocenters. The minimum Gasteiger partial charge on any atom is -0.449 e. The average molecular weight is 322 g/mol. The van der Waals surface area contributed by atoms with E-state index in [4.69, 9.17) is 21.8 Å². The van der Waals surface area contributed by atoms with Crippen LogP contribution >= 0.6 is 11.6 Å². The van der Waals surface area contributed by atoms with E-state index < -0.39 is 5.91 Å². The number of fused-ring (bicyclic) bond motifs is 1. The number of benzene rings is 1. The van der Waals surface area contributed by atoms with Crippen LogP contribution in [-0.4, -0.2) is 29.4 Å². The maximum Gasteiger partial charge on any atom is 0.322 e. The monoisotopic (exact) mass is 321 g/mol. The van der Waals surface area contributed by atoms with Gasteiger partial charge in [-0.1, -0.05) is 11.6 Å². The Morgan fingerprint density at radius 3 is 2.86 bits per heavy atom. The lowest BCUT2D eigenvalue weighted by Gasteiger charge is -2.21. The molecule has 6 nitrogen and oxygen atoms in total.